The lowest BCUT2D eigenvalue weighted by Gasteiger charge is -2.23. The first-order chi connectivity index (χ1) is 11.5. The average molecular weight is 328 g/mol. The molecule has 0 saturated carbocycles. The number of benzene rings is 2. The van der Waals surface area contributed by atoms with Gasteiger partial charge in [0, 0.05) is 25.7 Å². The highest BCUT2D eigenvalue weighted by Crippen LogP contribution is 2.19. The third-order valence-electron chi connectivity index (χ3n) is 3.70. The molecule has 0 aliphatic heterocycles. The Hall–Kier alpha value is -2.69. The minimum Gasteiger partial charge on any atom is -0.354 e. The Morgan fingerprint density at radius 2 is 1.88 bits per heavy atom. The van der Waals surface area contributed by atoms with Gasteiger partial charge in [-0.2, -0.15) is 0 Å². The van der Waals surface area contributed by atoms with Crippen molar-refractivity contribution in [1.29, 1.82) is 0 Å². The van der Waals surface area contributed by atoms with Crippen LogP contribution in [0.5, 0.6) is 0 Å². The number of aryl methyl sites for hydroxylation is 1. The van der Waals surface area contributed by atoms with E-state index >= 15 is 0 Å². The van der Waals surface area contributed by atoms with E-state index in [4.69, 9.17) is 0 Å². The third kappa shape index (κ3) is 4.91. The van der Waals surface area contributed by atoms with E-state index in [1.54, 1.807) is 17.0 Å². The van der Waals surface area contributed by atoms with Gasteiger partial charge in [-0.05, 0) is 36.2 Å². The molecular weight excluding hydrogens is 307 g/mol. The highest BCUT2D eigenvalue weighted by Gasteiger charge is 2.13. The molecule has 126 valence electrons. The molecule has 0 radical (unpaired) electrons. The quantitative estimate of drug-likeness (QED) is 0.886. The van der Waals surface area contributed by atoms with Crippen molar-refractivity contribution >= 4 is 17.5 Å². The number of carbonyl (C=O) groups excluding carboxylic acids is 2. The van der Waals surface area contributed by atoms with Gasteiger partial charge >= 0.3 is 0 Å². The number of anilines is 1. The van der Waals surface area contributed by atoms with Gasteiger partial charge in [-0.25, -0.2) is 4.39 Å². The van der Waals surface area contributed by atoms with Crippen LogP contribution in [-0.4, -0.2) is 24.9 Å². The van der Waals surface area contributed by atoms with E-state index in [0.29, 0.717) is 18.7 Å². The number of nitrogens with one attached hydrogen (secondary N) is 1. The molecule has 0 bridgehead atoms. The molecule has 0 unspecified atom stereocenters. The first-order valence-electron chi connectivity index (χ1n) is 7.82. The zero-order chi connectivity index (χ0) is 17.5. The van der Waals surface area contributed by atoms with Crippen molar-refractivity contribution < 1.29 is 14.0 Å². The summed E-state index contributed by atoms with van der Waals surface area (Å²) in [4.78, 5) is 25.5. The predicted octanol–water partition coefficient (Wildman–Crippen LogP) is 2.85. The second-order valence-corrected chi connectivity index (χ2v) is 5.61. The normalized spacial score (nSPS) is 10.3. The Morgan fingerprint density at radius 1 is 1.12 bits per heavy atom. The van der Waals surface area contributed by atoms with E-state index in [9.17, 15) is 14.0 Å². The fourth-order valence-electron chi connectivity index (χ4n) is 2.52. The average Bonchev–Trinajstić information content (AvgIpc) is 2.52. The van der Waals surface area contributed by atoms with E-state index in [-0.39, 0.29) is 24.1 Å². The number of hydrogen-bond donors (Lipinski definition) is 1. The maximum atomic E-state index is 13.1. The zero-order valence-electron chi connectivity index (χ0n) is 13.9. The van der Waals surface area contributed by atoms with Gasteiger partial charge in [0.15, 0.2) is 0 Å². The molecule has 0 saturated heterocycles. The van der Waals surface area contributed by atoms with Crippen LogP contribution in [0.2, 0.25) is 0 Å². The molecule has 2 amide bonds. The second-order valence-electron chi connectivity index (χ2n) is 5.61. The fourth-order valence-corrected chi connectivity index (χ4v) is 2.52. The maximum absolute atomic E-state index is 13.1. The Balaban J connectivity index is 1.90. The van der Waals surface area contributed by atoms with E-state index in [2.05, 4.69) is 5.32 Å². The van der Waals surface area contributed by atoms with Crippen molar-refractivity contribution in [3.8, 4) is 0 Å². The summed E-state index contributed by atoms with van der Waals surface area (Å²) in [7, 11) is 0. The lowest BCUT2D eigenvalue weighted by Crippen LogP contribution is -2.38. The Kier molecular flexibility index (Phi) is 6.07. The molecule has 24 heavy (non-hydrogen) atoms. The Morgan fingerprint density at radius 3 is 2.54 bits per heavy atom. The molecule has 0 fully saturated rings. The molecular formula is C19H21FN2O2. The molecule has 0 aliphatic rings. The van der Waals surface area contributed by atoms with Gasteiger partial charge < -0.3 is 10.2 Å². The number of amides is 2. The highest BCUT2D eigenvalue weighted by atomic mass is 19.1. The van der Waals surface area contributed by atoms with Crippen LogP contribution in [0, 0.1) is 12.7 Å². The van der Waals surface area contributed by atoms with Crippen LogP contribution in [0.1, 0.15) is 18.1 Å². The summed E-state index contributed by atoms with van der Waals surface area (Å²) in [6.45, 7) is 4.16. The number of rotatable bonds is 6. The van der Waals surface area contributed by atoms with Crippen molar-refractivity contribution in [2.45, 2.75) is 20.3 Å². The minimum atomic E-state index is -0.359. The first-order valence-corrected chi connectivity index (χ1v) is 7.82. The topological polar surface area (TPSA) is 49.4 Å². The van der Waals surface area contributed by atoms with Crippen LogP contribution in [-0.2, 0) is 16.0 Å². The first kappa shape index (κ1) is 17.7. The van der Waals surface area contributed by atoms with Gasteiger partial charge in [0.1, 0.15) is 5.82 Å². The summed E-state index contributed by atoms with van der Waals surface area (Å²) < 4.78 is 13.1. The monoisotopic (exact) mass is 328 g/mol. The van der Waals surface area contributed by atoms with E-state index < -0.39 is 0 Å². The molecule has 0 atom stereocenters. The Bertz CT molecular complexity index is 731. The van der Waals surface area contributed by atoms with Gasteiger partial charge in [-0.3, -0.25) is 9.59 Å². The lowest BCUT2D eigenvalue weighted by molar-refractivity contribution is -0.121. The summed E-state index contributed by atoms with van der Waals surface area (Å²) in [5.74, 6) is -0.639. The molecule has 2 rings (SSSR count). The standard InChI is InChI=1S/C19H21FN2O2/c1-14-6-3-4-9-18(14)22(15(2)23)11-10-21-19(24)13-16-7-5-8-17(20)12-16/h3-9,12H,10-11,13H2,1-2H3,(H,21,24). The zero-order valence-corrected chi connectivity index (χ0v) is 13.9. The van der Waals surface area contributed by atoms with Crippen LogP contribution in [0.25, 0.3) is 0 Å². The van der Waals surface area contributed by atoms with E-state index in [1.165, 1.54) is 19.1 Å². The van der Waals surface area contributed by atoms with Crippen molar-refractivity contribution in [2.24, 2.45) is 0 Å². The lowest BCUT2D eigenvalue weighted by atomic mass is 10.1. The summed E-state index contributed by atoms with van der Waals surface area (Å²) in [6.07, 6.45) is 0.113. The van der Waals surface area contributed by atoms with Gasteiger partial charge in [-0.15, -0.1) is 0 Å². The molecule has 0 spiro atoms. The van der Waals surface area contributed by atoms with E-state index in [1.807, 2.05) is 31.2 Å². The molecule has 2 aromatic rings. The summed E-state index contributed by atoms with van der Waals surface area (Å²) in [5, 5.41) is 2.77. The number of hydrogen-bond acceptors (Lipinski definition) is 2. The molecule has 5 heteroatoms. The smallest absolute Gasteiger partial charge is 0.224 e. The van der Waals surface area contributed by atoms with Gasteiger partial charge in [0.25, 0.3) is 0 Å². The van der Waals surface area contributed by atoms with Crippen LogP contribution < -0.4 is 10.2 Å². The molecule has 1 N–H and O–H groups in total. The maximum Gasteiger partial charge on any atom is 0.224 e. The number of para-hydroxylation sites is 1. The Labute approximate surface area is 141 Å². The van der Waals surface area contributed by atoms with Crippen LogP contribution >= 0.6 is 0 Å². The van der Waals surface area contributed by atoms with Crippen molar-refractivity contribution in [3.63, 3.8) is 0 Å². The molecule has 4 nitrogen and oxygen atoms in total. The second kappa shape index (κ2) is 8.24. The van der Waals surface area contributed by atoms with Gasteiger partial charge in [-0.1, -0.05) is 30.3 Å². The van der Waals surface area contributed by atoms with Crippen molar-refractivity contribution in [1.82, 2.24) is 5.32 Å². The van der Waals surface area contributed by atoms with Crippen LogP contribution in [0.4, 0.5) is 10.1 Å². The van der Waals surface area contributed by atoms with Crippen LogP contribution in [0.15, 0.2) is 48.5 Å². The largest absolute Gasteiger partial charge is 0.354 e. The highest BCUT2D eigenvalue weighted by molar-refractivity contribution is 5.92. The molecule has 0 aliphatic carbocycles. The molecule has 0 heterocycles. The van der Waals surface area contributed by atoms with Crippen molar-refractivity contribution in [2.75, 3.05) is 18.0 Å². The number of nitrogens with zero attached hydrogens (tertiary/aromatic N) is 1. The number of carbonyl (C=O) groups is 2. The van der Waals surface area contributed by atoms with E-state index in [0.717, 1.165) is 11.3 Å². The third-order valence-corrected chi connectivity index (χ3v) is 3.70. The minimum absolute atomic E-state index is 0.0799. The van der Waals surface area contributed by atoms with Crippen LogP contribution in [0.3, 0.4) is 0 Å². The predicted molar refractivity (Wildman–Crippen MR) is 92.3 cm³/mol. The number of halogens is 1. The van der Waals surface area contributed by atoms with Gasteiger partial charge in [0.05, 0.1) is 6.42 Å². The molecule has 2 aromatic carbocycles. The fraction of sp³-hybridized carbons (Fsp3) is 0.263. The molecule has 0 aromatic heterocycles. The summed E-state index contributed by atoms with van der Waals surface area (Å²) >= 11 is 0. The summed E-state index contributed by atoms with van der Waals surface area (Å²) in [5.41, 5.74) is 2.46. The van der Waals surface area contributed by atoms with Gasteiger partial charge in [0.2, 0.25) is 11.8 Å². The summed E-state index contributed by atoms with van der Waals surface area (Å²) in [6, 6.07) is 13.6. The van der Waals surface area contributed by atoms with Crippen molar-refractivity contribution in [3.05, 3.63) is 65.5 Å². The SMILES string of the molecule is CC(=O)N(CCNC(=O)Cc1cccc(F)c1)c1ccccc1C.